The smallest absolute Gasteiger partial charge is 0.289 e. The normalized spacial score (nSPS) is 15.0. The van der Waals surface area contributed by atoms with E-state index in [9.17, 15) is 4.57 Å². The second kappa shape index (κ2) is 9.81. The zero-order valence-electron chi connectivity index (χ0n) is 15.0. The molecule has 2 aromatic rings. The molecule has 0 aliphatic heterocycles. The van der Waals surface area contributed by atoms with Gasteiger partial charge in [0.05, 0.1) is 18.6 Å². The Balaban J connectivity index is 2.29. The molecule has 0 radical (unpaired) electrons. The van der Waals surface area contributed by atoms with Crippen molar-refractivity contribution in [3.05, 3.63) is 66.2 Å². The largest absolute Gasteiger partial charge is 0.293 e. The van der Waals surface area contributed by atoms with E-state index in [0.717, 1.165) is 17.7 Å². The van der Waals surface area contributed by atoms with E-state index in [2.05, 4.69) is 23.9 Å². The van der Waals surface area contributed by atoms with Crippen molar-refractivity contribution in [1.29, 1.82) is 0 Å². The molecule has 4 nitrogen and oxygen atoms in total. The summed E-state index contributed by atoms with van der Waals surface area (Å²) in [5.41, 5.74) is 1.94. The van der Waals surface area contributed by atoms with Crippen molar-refractivity contribution < 1.29 is 4.57 Å². The van der Waals surface area contributed by atoms with Gasteiger partial charge in [-0.1, -0.05) is 73.8 Å². The molecule has 2 rings (SSSR count). The van der Waals surface area contributed by atoms with Gasteiger partial charge in [0, 0.05) is 5.25 Å². The van der Waals surface area contributed by atoms with Crippen LogP contribution in [0.2, 0.25) is 0 Å². The summed E-state index contributed by atoms with van der Waals surface area (Å²) in [6.45, 7) is 1.91. The lowest BCUT2D eigenvalue weighted by Crippen LogP contribution is -2.24. The molecule has 2 unspecified atom stereocenters. The summed E-state index contributed by atoms with van der Waals surface area (Å²) >= 11 is 1.49. The van der Waals surface area contributed by atoms with E-state index in [4.69, 9.17) is 0 Å². The fraction of sp³-hybridized carbons (Fsp3) is 0.316. The van der Waals surface area contributed by atoms with Crippen molar-refractivity contribution in [3.8, 4) is 0 Å². The molecule has 0 amide bonds. The fourth-order valence-corrected chi connectivity index (χ4v) is 6.73. The van der Waals surface area contributed by atoms with Gasteiger partial charge in [0.2, 0.25) is 0 Å². The van der Waals surface area contributed by atoms with Crippen LogP contribution in [-0.2, 0) is 11.1 Å². The molecule has 0 aromatic heterocycles. The minimum absolute atomic E-state index is 0.293. The fourth-order valence-electron chi connectivity index (χ4n) is 2.18. The van der Waals surface area contributed by atoms with Crippen LogP contribution in [0.1, 0.15) is 25.8 Å². The zero-order valence-corrected chi connectivity index (χ0v) is 16.7. The van der Waals surface area contributed by atoms with Crippen LogP contribution in [-0.4, -0.2) is 23.3 Å². The summed E-state index contributed by atoms with van der Waals surface area (Å²) in [4.78, 5) is 4.53. The van der Waals surface area contributed by atoms with Crippen LogP contribution >= 0.6 is 18.0 Å². The molecule has 0 fully saturated rings. The Morgan fingerprint density at radius 1 is 1.16 bits per heavy atom. The average Bonchev–Trinajstić information content (AvgIpc) is 2.66. The van der Waals surface area contributed by atoms with Gasteiger partial charge in [-0.15, -0.1) is 0 Å². The molecule has 6 heteroatoms. The van der Waals surface area contributed by atoms with Gasteiger partial charge in [0.15, 0.2) is 0 Å². The number of rotatable bonds is 9. The molecular weight excluding hydrogens is 349 g/mol. The van der Waals surface area contributed by atoms with E-state index < -0.39 is 6.65 Å². The van der Waals surface area contributed by atoms with Crippen LogP contribution in [0.5, 0.6) is 0 Å². The number of aliphatic imine (C=N–C) groups is 1. The van der Waals surface area contributed by atoms with Crippen LogP contribution in [0.25, 0.3) is 0 Å². The average molecular weight is 375 g/mol. The van der Waals surface area contributed by atoms with Crippen molar-refractivity contribution >= 4 is 30.1 Å². The van der Waals surface area contributed by atoms with Crippen LogP contribution < -0.4 is 5.09 Å². The SMILES string of the molecule is CCC(C)SP(=O)(NC)N(C=Nc1ccccc1)Cc1ccccc1. The molecule has 1 N–H and O–H groups in total. The Morgan fingerprint density at radius 2 is 1.76 bits per heavy atom. The van der Waals surface area contributed by atoms with Crippen molar-refractivity contribution in [3.63, 3.8) is 0 Å². The second-order valence-corrected chi connectivity index (χ2v) is 10.9. The maximum atomic E-state index is 13.6. The molecule has 25 heavy (non-hydrogen) atoms. The molecular formula is C19H26N3OPS. The zero-order chi connectivity index (χ0) is 18.1. The predicted molar refractivity (Wildman–Crippen MR) is 111 cm³/mol. The lowest BCUT2D eigenvalue weighted by atomic mass is 10.2. The Kier molecular flexibility index (Phi) is 7.76. The summed E-state index contributed by atoms with van der Waals surface area (Å²) < 4.78 is 15.4. The van der Waals surface area contributed by atoms with Crippen molar-refractivity contribution in [1.82, 2.24) is 9.76 Å². The first-order chi connectivity index (χ1) is 12.1. The van der Waals surface area contributed by atoms with E-state index in [1.165, 1.54) is 11.4 Å². The minimum Gasteiger partial charge on any atom is -0.289 e. The maximum Gasteiger partial charge on any atom is 0.293 e. The molecule has 0 heterocycles. The highest BCUT2D eigenvalue weighted by Gasteiger charge is 2.30. The quantitative estimate of drug-likeness (QED) is 0.346. The van der Waals surface area contributed by atoms with Gasteiger partial charge in [-0.2, -0.15) is 0 Å². The van der Waals surface area contributed by atoms with Crippen molar-refractivity contribution in [2.75, 3.05) is 7.05 Å². The van der Waals surface area contributed by atoms with Gasteiger partial charge < -0.3 is 0 Å². The predicted octanol–water partition coefficient (Wildman–Crippen LogP) is 5.71. The second-order valence-electron chi connectivity index (χ2n) is 5.73. The molecule has 0 saturated heterocycles. The third kappa shape index (κ3) is 6.03. The van der Waals surface area contributed by atoms with Gasteiger partial charge in [-0.05, 0) is 31.2 Å². The molecule has 0 aliphatic rings. The van der Waals surface area contributed by atoms with Crippen molar-refractivity contribution in [2.45, 2.75) is 32.1 Å². The summed E-state index contributed by atoms with van der Waals surface area (Å²) in [7, 11) is 1.75. The summed E-state index contributed by atoms with van der Waals surface area (Å²) in [6, 6.07) is 19.8. The maximum absolute atomic E-state index is 13.6. The Morgan fingerprint density at radius 3 is 2.32 bits per heavy atom. The van der Waals surface area contributed by atoms with Gasteiger partial charge in [-0.25, -0.2) is 10.1 Å². The molecule has 134 valence electrons. The monoisotopic (exact) mass is 375 g/mol. The lowest BCUT2D eigenvalue weighted by Gasteiger charge is -2.30. The molecule has 2 atom stereocenters. The lowest BCUT2D eigenvalue weighted by molar-refractivity contribution is 0.525. The van der Waals surface area contributed by atoms with Gasteiger partial charge >= 0.3 is 0 Å². The Labute approximate surface area is 155 Å². The Bertz CT molecular complexity index is 709. The molecule has 2 aromatic carbocycles. The summed E-state index contributed by atoms with van der Waals surface area (Å²) in [5, 5.41) is 3.35. The van der Waals surface area contributed by atoms with E-state index in [1.807, 2.05) is 65.3 Å². The van der Waals surface area contributed by atoms with Crippen molar-refractivity contribution in [2.24, 2.45) is 4.99 Å². The number of hydrogen-bond acceptors (Lipinski definition) is 3. The molecule has 0 spiro atoms. The number of para-hydroxylation sites is 1. The van der Waals surface area contributed by atoms with Gasteiger partial charge in [0.1, 0.15) is 0 Å². The first-order valence-electron chi connectivity index (χ1n) is 8.45. The highest BCUT2D eigenvalue weighted by molar-refractivity contribution is 8.57. The van der Waals surface area contributed by atoms with Crippen LogP contribution in [0.4, 0.5) is 5.69 Å². The molecule has 0 bridgehead atoms. The first-order valence-corrected chi connectivity index (χ1v) is 11.6. The minimum atomic E-state index is -2.83. The number of nitrogens with zero attached hydrogens (tertiary/aromatic N) is 2. The third-order valence-corrected chi connectivity index (χ3v) is 9.38. The molecule has 0 saturated carbocycles. The number of benzene rings is 2. The topological polar surface area (TPSA) is 44.7 Å². The highest BCUT2D eigenvalue weighted by atomic mass is 32.7. The first kappa shape index (κ1) is 19.8. The Hall–Kier alpha value is -1.55. The van der Waals surface area contributed by atoms with E-state index in [1.54, 1.807) is 13.4 Å². The van der Waals surface area contributed by atoms with E-state index >= 15 is 0 Å². The van der Waals surface area contributed by atoms with Crippen LogP contribution in [0.3, 0.4) is 0 Å². The van der Waals surface area contributed by atoms with E-state index in [-0.39, 0.29) is 0 Å². The van der Waals surface area contributed by atoms with Crippen LogP contribution in [0, 0.1) is 0 Å². The highest BCUT2D eigenvalue weighted by Crippen LogP contribution is 2.59. The number of nitrogens with one attached hydrogen (secondary N) is 1. The van der Waals surface area contributed by atoms with E-state index in [0.29, 0.717) is 11.8 Å². The summed E-state index contributed by atoms with van der Waals surface area (Å²) in [5.74, 6) is 0. The standard InChI is InChI=1S/C19H26N3OPS/c1-4-17(2)25-24(23,20-3)22(15-18-11-7-5-8-12-18)16-21-19-13-9-6-10-14-19/h5-14,16-17H,4,15H2,1-3H3,(H,20,23). The number of hydrogen-bond donors (Lipinski definition) is 1. The summed E-state index contributed by atoms with van der Waals surface area (Å²) in [6.07, 6.45) is 2.67. The van der Waals surface area contributed by atoms with Gasteiger partial charge in [-0.3, -0.25) is 9.24 Å². The van der Waals surface area contributed by atoms with Crippen LogP contribution in [0.15, 0.2) is 65.7 Å². The third-order valence-electron chi connectivity index (χ3n) is 3.80. The molecule has 0 aliphatic carbocycles. The van der Waals surface area contributed by atoms with Gasteiger partial charge in [0.25, 0.3) is 6.65 Å².